The first kappa shape index (κ1) is 16.1. The van der Waals surface area contributed by atoms with E-state index in [0.717, 1.165) is 16.8 Å². The van der Waals surface area contributed by atoms with Gasteiger partial charge in [-0.15, -0.1) is 0 Å². The molecule has 0 saturated carbocycles. The molecule has 0 radical (unpaired) electrons. The monoisotopic (exact) mass is 346 g/mol. The van der Waals surface area contributed by atoms with Crippen LogP contribution in [0.1, 0.15) is 18.2 Å². The smallest absolute Gasteiger partial charge is 0.251 e. The summed E-state index contributed by atoms with van der Waals surface area (Å²) < 4.78 is 1.63. The predicted molar refractivity (Wildman–Crippen MR) is 99.8 cm³/mol. The van der Waals surface area contributed by atoms with E-state index in [1.807, 2.05) is 67.6 Å². The third-order valence-electron chi connectivity index (χ3n) is 4.42. The topological polar surface area (TPSA) is 76.0 Å². The van der Waals surface area contributed by atoms with Crippen LogP contribution in [0, 0.1) is 6.92 Å². The van der Waals surface area contributed by atoms with Gasteiger partial charge in [-0.25, -0.2) is 4.68 Å². The zero-order valence-electron chi connectivity index (χ0n) is 14.3. The number of anilines is 2. The summed E-state index contributed by atoms with van der Waals surface area (Å²) in [7, 11) is 0. The fraction of sp³-hybridized carbons (Fsp3) is 0.150. The highest BCUT2D eigenvalue weighted by atomic mass is 16.2. The fourth-order valence-corrected chi connectivity index (χ4v) is 3.24. The molecule has 0 bridgehead atoms. The van der Waals surface area contributed by atoms with Gasteiger partial charge in [0.1, 0.15) is 11.9 Å². The summed E-state index contributed by atoms with van der Waals surface area (Å²) in [6.45, 7) is 1.90. The summed E-state index contributed by atoms with van der Waals surface area (Å²) in [5.41, 5.74) is 3.41. The van der Waals surface area contributed by atoms with E-state index in [1.54, 1.807) is 4.68 Å². The lowest BCUT2D eigenvalue weighted by Gasteiger charge is -2.10. The van der Waals surface area contributed by atoms with Crippen molar-refractivity contribution in [2.45, 2.75) is 19.4 Å². The first-order chi connectivity index (χ1) is 12.6. The Bertz CT molecular complexity index is 964. The number of fused-ring (bicyclic) bond motifs is 1. The SMILES string of the molecule is Cc1nn2c(c1-c1ccccc1)NC(=O)C2CC(=O)Nc1ccccc1. The van der Waals surface area contributed by atoms with Crippen LogP contribution in [0.15, 0.2) is 60.7 Å². The van der Waals surface area contributed by atoms with Crippen LogP contribution in [0.3, 0.4) is 0 Å². The zero-order valence-corrected chi connectivity index (χ0v) is 14.3. The number of para-hydroxylation sites is 1. The molecule has 0 spiro atoms. The van der Waals surface area contributed by atoms with Crippen LogP contribution in [0.25, 0.3) is 11.1 Å². The van der Waals surface area contributed by atoms with Gasteiger partial charge in [-0.3, -0.25) is 9.59 Å². The van der Waals surface area contributed by atoms with E-state index in [2.05, 4.69) is 15.7 Å². The van der Waals surface area contributed by atoms with Crippen LogP contribution in [-0.4, -0.2) is 21.6 Å². The minimum atomic E-state index is -0.648. The Morgan fingerprint density at radius 2 is 1.77 bits per heavy atom. The Hall–Kier alpha value is -3.41. The molecule has 2 amide bonds. The molecule has 1 aliphatic rings. The molecule has 26 heavy (non-hydrogen) atoms. The molecule has 2 N–H and O–H groups in total. The molecular weight excluding hydrogens is 328 g/mol. The number of nitrogens with zero attached hydrogens (tertiary/aromatic N) is 2. The molecule has 130 valence electrons. The number of amides is 2. The second-order valence-corrected chi connectivity index (χ2v) is 6.24. The lowest BCUT2D eigenvalue weighted by Crippen LogP contribution is -2.23. The van der Waals surface area contributed by atoms with E-state index in [9.17, 15) is 9.59 Å². The maximum Gasteiger partial charge on any atom is 0.251 e. The lowest BCUT2D eigenvalue weighted by atomic mass is 10.1. The van der Waals surface area contributed by atoms with Gasteiger partial charge in [0.15, 0.2) is 0 Å². The van der Waals surface area contributed by atoms with E-state index >= 15 is 0 Å². The summed E-state index contributed by atoms with van der Waals surface area (Å²) in [6, 6.07) is 18.3. The van der Waals surface area contributed by atoms with E-state index in [-0.39, 0.29) is 18.2 Å². The largest absolute Gasteiger partial charge is 0.326 e. The molecule has 6 nitrogen and oxygen atoms in total. The number of nitrogens with one attached hydrogen (secondary N) is 2. The summed E-state index contributed by atoms with van der Waals surface area (Å²) in [5.74, 6) is 0.211. The van der Waals surface area contributed by atoms with Crippen LogP contribution in [0.5, 0.6) is 0 Å². The van der Waals surface area contributed by atoms with E-state index in [1.165, 1.54) is 0 Å². The molecule has 1 atom stereocenters. The Labute approximate surface area is 150 Å². The first-order valence-electron chi connectivity index (χ1n) is 8.44. The van der Waals surface area contributed by atoms with Crippen LogP contribution >= 0.6 is 0 Å². The molecule has 4 rings (SSSR count). The predicted octanol–water partition coefficient (Wildman–Crippen LogP) is 3.38. The molecule has 2 heterocycles. The van der Waals surface area contributed by atoms with Gasteiger partial charge in [-0.1, -0.05) is 48.5 Å². The Morgan fingerprint density at radius 3 is 2.46 bits per heavy atom. The summed E-state index contributed by atoms with van der Waals surface area (Å²) >= 11 is 0. The molecule has 2 aromatic carbocycles. The van der Waals surface area contributed by atoms with Gasteiger partial charge >= 0.3 is 0 Å². The van der Waals surface area contributed by atoms with Gasteiger partial charge in [0.05, 0.1) is 12.1 Å². The first-order valence-corrected chi connectivity index (χ1v) is 8.44. The number of aryl methyl sites for hydroxylation is 1. The third-order valence-corrected chi connectivity index (χ3v) is 4.42. The molecule has 1 aliphatic heterocycles. The van der Waals surface area contributed by atoms with Gasteiger partial charge in [0.25, 0.3) is 5.91 Å². The number of rotatable bonds is 4. The average Bonchev–Trinajstić information content (AvgIpc) is 3.11. The molecule has 3 aromatic rings. The molecule has 1 aromatic heterocycles. The number of carbonyl (C=O) groups excluding carboxylic acids is 2. The van der Waals surface area contributed by atoms with Gasteiger partial charge in [0, 0.05) is 11.3 Å². The number of hydrogen-bond donors (Lipinski definition) is 2. The molecule has 0 aliphatic carbocycles. The van der Waals surface area contributed by atoms with Crippen LogP contribution in [-0.2, 0) is 9.59 Å². The highest BCUT2D eigenvalue weighted by Gasteiger charge is 2.36. The quantitative estimate of drug-likeness (QED) is 0.760. The highest BCUT2D eigenvalue weighted by molar-refractivity contribution is 6.04. The van der Waals surface area contributed by atoms with Crippen molar-refractivity contribution in [3.63, 3.8) is 0 Å². The fourth-order valence-electron chi connectivity index (χ4n) is 3.24. The van der Waals surface area contributed by atoms with Crippen molar-refractivity contribution in [1.82, 2.24) is 9.78 Å². The molecular formula is C20H18N4O2. The van der Waals surface area contributed by atoms with Crippen molar-refractivity contribution in [3.8, 4) is 11.1 Å². The molecule has 6 heteroatoms. The number of benzene rings is 2. The standard InChI is InChI=1S/C20H18N4O2/c1-13-18(14-8-4-2-5-9-14)19-22-20(26)16(24(19)23-13)12-17(25)21-15-10-6-3-7-11-15/h2-11,16H,12H2,1H3,(H,21,25)(H,22,26). The molecule has 0 fully saturated rings. The highest BCUT2D eigenvalue weighted by Crippen LogP contribution is 2.38. The van der Waals surface area contributed by atoms with Crippen LogP contribution in [0.2, 0.25) is 0 Å². The van der Waals surface area contributed by atoms with E-state index in [4.69, 9.17) is 0 Å². The minimum Gasteiger partial charge on any atom is -0.326 e. The Kier molecular flexibility index (Phi) is 4.01. The second kappa shape index (κ2) is 6.48. The Balaban J connectivity index is 1.59. The number of aromatic nitrogens is 2. The maximum atomic E-state index is 12.4. The van der Waals surface area contributed by atoms with Gasteiger partial charge in [-0.05, 0) is 24.6 Å². The van der Waals surface area contributed by atoms with Gasteiger partial charge in [-0.2, -0.15) is 5.10 Å². The number of hydrogen-bond acceptors (Lipinski definition) is 3. The van der Waals surface area contributed by atoms with E-state index in [0.29, 0.717) is 11.5 Å². The van der Waals surface area contributed by atoms with E-state index < -0.39 is 6.04 Å². The molecule has 0 saturated heterocycles. The van der Waals surface area contributed by atoms with Gasteiger partial charge in [0.2, 0.25) is 5.91 Å². The van der Waals surface area contributed by atoms with Crippen molar-refractivity contribution in [2.75, 3.05) is 10.6 Å². The third kappa shape index (κ3) is 2.86. The number of carbonyl (C=O) groups is 2. The maximum absolute atomic E-state index is 12.4. The van der Waals surface area contributed by atoms with Gasteiger partial charge < -0.3 is 10.6 Å². The van der Waals surface area contributed by atoms with Crippen molar-refractivity contribution >= 4 is 23.3 Å². The van der Waals surface area contributed by atoms with Crippen LogP contribution in [0.4, 0.5) is 11.5 Å². The normalized spacial score (nSPS) is 15.4. The van der Waals surface area contributed by atoms with Crippen molar-refractivity contribution < 1.29 is 9.59 Å². The van der Waals surface area contributed by atoms with Crippen molar-refractivity contribution in [1.29, 1.82) is 0 Å². The summed E-state index contributed by atoms with van der Waals surface area (Å²) in [6.07, 6.45) is 0.0308. The van der Waals surface area contributed by atoms with Crippen LogP contribution < -0.4 is 10.6 Å². The lowest BCUT2D eigenvalue weighted by molar-refractivity contribution is -0.123. The van der Waals surface area contributed by atoms with Crippen molar-refractivity contribution in [2.24, 2.45) is 0 Å². The Morgan fingerprint density at radius 1 is 1.12 bits per heavy atom. The second-order valence-electron chi connectivity index (χ2n) is 6.24. The summed E-state index contributed by atoms with van der Waals surface area (Å²) in [5, 5.41) is 10.2. The molecule has 1 unspecified atom stereocenters. The minimum absolute atomic E-state index is 0.0308. The van der Waals surface area contributed by atoms with Crippen molar-refractivity contribution in [3.05, 3.63) is 66.4 Å². The average molecular weight is 346 g/mol. The zero-order chi connectivity index (χ0) is 18.1. The summed E-state index contributed by atoms with van der Waals surface area (Å²) in [4.78, 5) is 24.8.